The molecule has 0 radical (unpaired) electrons. The summed E-state index contributed by atoms with van der Waals surface area (Å²) in [6.45, 7) is 2.16. The third-order valence-electron chi connectivity index (χ3n) is 2.49. The first-order valence-electron chi connectivity index (χ1n) is 5.48. The summed E-state index contributed by atoms with van der Waals surface area (Å²) in [6, 6.07) is 4.21. The summed E-state index contributed by atoms with van der Waals surface area (Å²) in [4.78, 5) is 10.9. The number of aliphatic carboxylic acids is 1. The monoisotopic (exact) mass is 257 g/mol. The first-order valence-corrected chi connectivity index (χ1v) is 5.86. The van der Waals surface area contributed by atoms with Crippen LogP contribution in [0.4, 0.5) is 0 Å². The highest BCUT2D eigenvalue weighted by molar-refractivity contribution is 6.31. The molecule has 0 saturated heterocycles. The summed E-state index contributed by atoms with van der Waals surface area (Å²) in [7, 11) is 0. The summed E-state index contributed by atoms with van der Waals surface area (Å²) in [5, 5.41) is 21.9. The van der Waals surface area contributed by atoms with Crippen molar-refractivity contribution in [1.82, 2.24) is 5.32 Å². The van der Waals surface area contributed by atoms with E-state index >= 15 is 0 Å². The number of aromatic hydroxyl groups is 1. The number of hydrogen-bond acceptors (Lipinski definition) is 3. The number of carbonyl (C=O) groups is 1. The Hall–Kier alpha value is -1.26. The van der Waals surface area contributed by atoms with E-state index in [2.05, 4.69) is 5.32 Å². The summed E-state index contributed by atoms with van der Waals surface area (Å²) in [6.07, 6.45) is 1.32. The zero-order chi connectivity index (χ0) is 12.8. The number of carboxylic acid groups (broad SMARTS) is 1. The zero-order valence-corrected chi connectivity index (χ0v) is 10.4. The lowest BCUT2D eigenvalue weighted by atomic mass is 10.1. The number of halogens is 1. The number of hydrogen-bond donors (Lipinski definition) is 3. The van der Waals surface area contributed by atoms with Gasteiger partial charge in [0.2, 0.25) is 0 Å². The lowest BCUT2D eigenvalue weighted by Crippen LogP contribution is -2.36. The number of carboxylic acids is 1. The van der Waals surface area contributed by atoms with Gasteiger partial charge in [0, 0.05) is 17.1 Å². The molecule has 17 heavy (non-hydrogen) atoms. The molecule has 0 heterocycles. The minimum atomic E-state index is -0.890. The predicted molar refractivity (Wildman–Crippen MR) is 66.3 cm³/mol. The van der Waals surface area contributed by atoms with Gasteiger partial charge in [-0.2, -0.15) is 0 Å². The highest BCUT2D eigenvalue weighted by Gasteiger charge is 2.16. The first-order chi connectivity index (χ1) is 8.06. The van der Waals surface area contributed by atoms with Crippen LogP contribution in [-0.4, -0.2) is 22.2 Å². The maximum atomic E-state index is 10.9. The van der Waals surface area contributed by atoms with Crippen molar-refractivity contribution in [3.05, 3.63) is 28.8 Å². The molecule has 0 saturated carbocycles. The van der Waals surface area contributed by atoms with Crippen LogP contribution in [0.25, 0.3) is 0 Å². The molecule has 1 aromatic carbocycles. The molecule has 4 nitrogen and oxygen atoms in total. The lowest BCUT2D eigenvalue weighted by Gasteiger charge is -2.14. The Kier molecular flexibility index (Phi) is 5.25. The first kappa shape index (κ1) is 13.8. The molecule has 94 valence electrons. The molecule has 1 rings (SSSR count). The maximum absolute atomic E-state index is 10.9. The zero-order valence-electron chi connectivity index (χ0n) is 9.61. The van der Waals surface area contributed by atoms with Gasteiger partial charge in [-0.25, -0.2) is 0 Å². The normalized spacial score (nSPS) is 12.4. The maximum Gasteiger partial charge on any atom is 0.320 e. The van der Waals surface area contributed by atoms with Crippen LogP contribution in [0.3, 0.4) is 0 Å². The van der Waals surface area contributed by atoms with E-state index in [1.165, 1.54) is 6.07 Å². The Bertz CT molecular complexity index is 375. The van der Waals surface area contributed by atoms with Gasteiger partial charge in [-0.15, -0.1) is 0 Å². The molecule has 0 aromatic heterocycles. The Balaban J connectivity index is 2.68. The molecule has 1 atom stereocenters. The van der Waals surface area contributed by atoms with Gasteiger partial charge in [0.05, 0.1) is 0 Å². The van der Waals surface area contributed by atoms with Crippen molar-refractivity contribution >= 4 is 17.6 Å². The van der Waals surface area contributed by atoms with Crippen molar-refractivity contribution in [2.75, 3.05) is 0 Å². The Morgan fingerprint density at radius 1 is 1.53 bits per heavy atom. The molecule has 1 unspecified atom stereocenters. The van der Waals surface area contributed by atoms with Crippen molar-refractivity contribution in [3.63, 3.8) is 0 Å². The number of nitrogens with one attached hydrogen (secondary N) is 1. The van der Waals surface area contributed by atoms with Crippen LogP contribution in [0, 0.1) is 0 Å². The fourth-order valence-electron chi connectivity index (χ4n) is 1.55. The molecule has 0 aliphatic rings. The van der Waals surface area contributed by atoms with Crippen molar-refractivity contribution in [1.29, 1.82) is 0 Å². The molecular formula is C12H16ClNO3. The van der Waals surface area contributed by atoms with E-state index < -0.39 is 12.0 Å². The highest BCUT2D eigenvalue weighted by Crippen LogP contribution is 2.24. The third kappa shape index (κ3) is 3.91. The van der Waals surface area contributed by atoms with E-state index in [0.29, 0.717) is 17.0 Å². The Labute approximate surface area is 105 Å². The molecular weight excluding hydrogens is 242 g/mol. The third-order valence-corrected chi connectivity index (χ3v) is 2.85. The molecule has 0 fully saturated rings. The Morgan fingerprint density at radius 3 is 2.76 bits per heavy atom. The average molecular weight is 258 g/mol. The number of phenolic OH excluding ortho intramolecular Hbond substituents is 1. The molecule has 5 heteroatoms. The smallest absolute Gasteiger partial charge is 0.320 e. The molecule has 0 spiro atoms. The van der Waals surface area contributed by atoms with Gasteiger partial charge in [0.15, 0.2) is 0 Å². The van der Waals surface area contributed by atoms with Crippen LogP contribution in [0.2, 0.25) is 5.02 Å². The molecule has 0 bridgehead atoms. The van der Waals surface area contributed by atoms with Crippen LogP contribution in [0.15, 0.2) is 18.2 Å². The SMILES string of the molecule is CCCC(NCc1c(O)cccc1Cl)C(=O)O. The number of benzene rings is 1. The van der Waals surface area contributed by atoms with E-state index in [1.54, 1.807) is 12.1 Å². The summed E-state index contributed by atoms with van der Waals surface area (Å²) in [5.41, 5.74) is 0.525. The average Bonchev–Trinajstić information content (AvgIpc) is 2.26. The Morgan fingerprint density at radius 2 is 2.24 bits per heavy atom. The van der Waals surface area contributed by atoms with Gasteiger partial charge in [-0.05, 0) is 18.6 Å². The minimum Gasteiger partial charge on any atom is -0.508 e. The highest BCUT2D eigenvalue weighted by atomic mass is 35.5. The van der Waals surface area contributed by atoms with Gasteiger partial charge < -0.3 is 15.5 Å². The van der Waals surface area contributed by atoms with Gasteiger partial charge >= 0.3 is 5.97 Å². The molecule has 3 N–H and O–H groups in total. The number of rotatable bonds is 6. The van der Waals surface area contributed by atoms with Crippen LogP contribution >= 0.6 is 11.6 Å². The standard InChI is InChI=1S/C12H16ClNO3/c1-2-4-10(12(16)17)14-7-8-9(13)5-3-6-11(8)15/h3,5-6,10,14-15H,2,4,7H2,1H3,(H,16,17). The number of phenols is 1. The van der Waals surface area contributed by atoms with Crippen LogP contribution in [0.1, 0.15) is 25.3 Å². The van der Waals surface area contributed by atoms with E-state index in [1.807, 2.05) is 6.92 Å². The van der Waals surface area contributed by atoms with Crippen molar-refractivity contribution in [2.45, 2.75) is 32.4 Å². The second-order valence-electron chi connectivity index (χ2n) is 3.80. The van der Waals surface area contributed by atoms with Crippen molar-refractivity contribution < 1.29 is 15.0 Å². The van der Waals surface area contributed by atoms with Gasteiger partial charge in [0.1, 0.15) is 11.8 Å². The molecule has 0 amide bonds. The van der Waals surface area contributed by atoms with E-state index in [0.717, 1.165) is 6.42 Å². The molecule has 1 aromatic rings. The van der Waals surface area contributed by atoms with Crippen LogP contribution in [0.5, 0.6) is 5.75 Å². The van der Waals surface area contributed by atoms with Gasteiger partial charge in [-0.1, -0.05) is 31.0 Å². The largest absolute Gasteiger partial charge is 0.508 e. The second-order valence-corrected chi connectivity index (χ2v) is 4.21. The topological polar surface area (TPSA) is 69.6 Å². The van der Waals surface area contributed by atoms with E-state index in [4.69, 9.17) is 16.7 Å². The lowest BCUT2D eigenvalue weighted by molar-refractivity contribution is -0.139. The van der Waals surface area contributed by atoms with Crippen LogP contribution < -0.4 is 5.32 Å². The summed E-state index contributed by atoms with van der Waals surface area (Å²) < 4.78 is 0. The molecule has 0 aliphatic carbocycles. The predicted octanol–water partition coefficient (Wildman–Crippen LogP) is 2.39. The van der Waals surface area contributed by atoms with Crippen molar-refractivity contribution in [2.24, 2.45) is 0 Å². The van der Waals surface area contributed by atoms with Gasteiger partial charge in [0.25, 0.3) is 0 Å². The summed E-state index contributed by atoms with van der Waals surface area (Å²) >= 11 is 5.92. The van der Waals surface area contributed by atoms with Gasteiger partial charge in [-0.3, -0.25) is 4.79 Å². The van der Waals surface area contributed by atoms with E-state index in [9.17, 15) is 9.90 Å². The van der Waals surface area contributed by atoms with Crippen molar-refractivity contribution in [3.8, 4) is 5.75 Å². The van der Waals surface area contributed by atoms with Crippen LogP contribution in [-0.2, 0) is 11.3 Å². The fraction of sp³-hybridized carbons (Fsp3) is 0.417. The quantitative estimate of drug-likeness (QED) is 0.732. The second kappa shape index (κ2) is 6.47. The molecule has 0 aliphatic heterocycles. The van der Waals surface area contributed by atoms with E-state index in [-0.39, 0.29) is 12.3 Å². The summed E-state index contributed by atoms with van der Waals surface area (Å²) in [5.74, 6) is -0.816. The fourth-order valence-corrected chi connectivity index (χ4v) is 1.79. The minimum absolute atomic E-state index is 0.0747.